The zero-order valence-electron chi connectivity index (χ0n) is 21.1. The molecule has 4 aromatic rings. The summed E-state index contributed by atoms with van der Waals surface area (Å²) in [5.74, 6) is 1.74. The third-order valence-electron chi connectivity index (χ3n) is 4.87. The number of carbonyl (C=O) groups is 2. The van der Waals surface area contributed by atoms with Gasteiger partial charge in [-0.05, 0) is 86.1 Å². The van der Waals surface area contributed by atoms with Crippen LogP contribution in [0.5, 0.6) is 23.0 Å². The van der Waals surface area contributed by atoms with Crippen LogP contribution in [0.3, 0.4) is 0 Å². The van der Waals surface area contributed by atoms with Crippen molar-refractivity contribution in [1.29, 1.82) is 0 Å². The van der Waals surface area contributed by atoms with Crippen molar-refractivity contribution in [3.8, 4) is 23.0 Å². The van der Waals surface area contributed by atoms with E-state index in [0.717, 1.165) is 5.56 Å². The highest BCUT2D eigenvalue weighted by Crippen LogP contribution is 2.17. The second-order valence-electron chi connectivity index (χ2n) is 7.78. The van der Waals surface area contributed by atoms with Crippen molar-refractivity contribution in [3.05, 3.63) is 119 Å². The van der Waals surface area contributed by atoms with Crippen molar-refractivity contribution in [1.82, 2.24) is 0 Å². The summed E-state index contributed by atoms with van der Waals surface area (Å²) in [7, 11) is 3.10. The summed E-state index contributed by atoms with van der Waals surface area (Å²) in [6.07, 6.45) is 0. The number of methoxy groups -OCH3 is 2. The first-order chi connectivity index (χ1) is 17.7. The SMILES string of the molecule is COc1cccc(C(=O)Cl)c1.COc1cccc(C(=O)Oc2ccc(C)cc2)c1.Cc1ccc(O)cc1. The molecule has 0 amide bonds. The lowest BCUT2D eigenvalue weighted by atomic mass is 10.2. The molecule has 0 aliphatic carbocycles. The Labute approximate surface area is 222 Å². The van der Waals surface area contributed by atoms with Gasteiger partial charge in [0.05, 0.1) is 19.8 Å². The maximum atomic E-state index is 11.9. The molecule has 0 saturated carbocycles. The number of hydrogen-bond acceptors (Lipinski definition) is 6. The number of aryl methyl sites for hydroxylation is 2. The van der Waals surface area contributed by atoms with E-state index < -0.39 is 11.2 Å². The molecule has 0 saturated heterocycles. The zero-order chi connectivity index (χ0) is 27.2. The number of phenolic OH excluding ortho intramolecular Hbond substituents is 1. The van der Waals surface area contributed by atoms with Crippen LogP contribution in [0.15, 0.2) is 97.1 Å². The molecule has 0 atom stereocenters. The first-order valence-corrected chi connectivity index (χ1v) is 11.6. The van der Waals surface area contributed by atoms with Gasteiger partial charge in [0.25, 0.3) is 5.24 Å². The molecule has 0 aliphatic heterocycles. The number of aromatic hydroxyl groups is 1. The van der Waals surface area contributed by atoms with Crippen LogP contribution in [0, 0.1) is 13.8 Å². The highest BCUT2D eigenvalue weighted by atomic mass is 35.5. The molecule has 0 bridgehead atoms. The van der Waals surface area contributed by atoms with Gasteiger partial charge in [0.2, 0.25) is 0 Å². The van der Waals surface area contributed by atoms with Crippen LogP contribution in [0.1, 0.15) is 31.8 Å². The van der Waals surface area contributed by atoms with Gasteiger partial charge in [-0.25, -0.2) is 4.79 Å². The number of benzene rings is 4. The largest absolute Gasteiger partial charge is 0.508 e. The molecule has 0 fully saturated rings. The molecule has 0 heterocycles. The van der Waals surface area contributed by atoms with Gasteiger partial charge >= 0.3 is 5.97 Å². The van der Waals surface area contributed by atoms with Gasteiger partial charge in [-0.2, -0.15) is 0 Å². The number of hydrogen-bond donors (Lipinski definition) is 1. The number of esters is 1. The molecule has 37 heavy (non-hydrogen) atoms. The predicted molar refractivity (Wildman–Crippen MR) is 145 cm³/mol. The summed E-state index contributed by atoms with van der Waals surface area (Å²) in [6, 6.07) is 28.0. The first-order valence-electron chi connectivity index (χ1n) is 11.2. The van der Waals surface area contributed by atoms with Gasteiger partial charge in [0.15, 0.2) is 0 Å². The van der Waals surface area contributed by atoms with Gasteiger partial charge in [0, 0.05) is 5.56 Å². The summed E-state index contributed by atoms with van der Waals surface area (Å²) in [5, 5.41) is 8.29. The van der Waals surface area contributed by atoms with Crippen LogP contribution >= 0.6 is 11.6 Å². The Kier molecular flexibility index (Phi) is 11.7. The van der Waals surface area contributed by atoms with Crippen LogP contribution in [-0.4, -0.2) is 30.5 Å². The van der Waals surface area contributed by atoms with Gasteiger partial charge in [0.1, 0.15) is 23.0 Å². The third kappa shape index (κ3) is 10.5. The van der Waals surface area contributed by atoms with Gasteiger partial charge in [-0.3, -0.25) is 4.79 Å². The number of rotatable bonds is 5. The highest BCUT2D eigenvalue weighted by molar-refractivity contribution is 6.67. The third-order valence-corrected chi connectivity index (χ3v) is 5.09. The molecule has 0 aliphatic rings. The number of ether oxygens (including phenoxy) is 3. The van der Waals surface area contributed by atoms with E-state index in [2.05, 4.69) is 0 Å². The Morgan fingerprint density at radius 1 is 0.649 bits per heavy atom. The van der Waals surface area contributed by atoms with E-state index in [1.54, 1.807) is 79.9 Å². The number of carbonyl (C=O) groups excluding carboxylic acids is 2. The smallest absolute Gasteiger partial charge is 0.343 e. The van der Waals surface area contributed by atoms with Gasteiger partial charge < -0.3 is 19.3 Å². The summed E-state index contributed by atoms with van der Waals surface area (Å²) < 4.78 is 15.2. The molecular weight excluding hydrogens is 492 g/mol. The second-order valence-corrected chi connectivity index (χ2v) is 8.12. The minimum atomic E-state index is -0.469. The van der Waals surface area contributed by atoms with Gasteiger partial charge in [-0.1, -0.05) is 47.5 Å². The molecule has 0 spiro atoms. The van der Waals surface area contributed by atoms with Crippen LogP contribution in [0.4, 0.5) is 0 Å². The Bertz CT molecular complexity index is 1260. The fourth-order valence-electron chi connectivity index (χ4n) is 2.81. The van der Waals surface area contributed by atoms with E-state index in [9.17, 15) is 9.59 Å². The minimum Gasteiger partial charge on any atom is -0.508 e. The molecule has 1 N–H and O–H groups in total. The topological polar surface area (TPSA) is 82.1 Å². The summed E-state index contributed by atoms with van der Waals surface area (Å²) in [6.45, 7) is 3.97. The summed E-state index contributed by atoms with van der Waals surface area (Å²) in [4.78, 5) is 22.5. The lowest BCUT2D eigenvalue weighted by Gasteiger charge is -2.06. The lowest BCUT2D eigenvalue weighted by molar-refractivity contribution is 0.0734. The zero-order valence-corrected chi connectivity index (χ0v) is 21.9. The molecule has 4 aromatic carbocycles. The molecule has 192 valence electrons. The monoisotopic (exact) mass is 520 g/mol. The molecule has 4 rings (SSSR count). The van der Waals surface area contributed by atoms with E-state index in [1.165, 1.54) is 12.7 Å². The van der Waals surface area contributed by atoms with Gasteiger partial charge in [-0.15, -0.1) is 0 Å². The summed E-state index contributed by atoms with van der Waals surface area (Å²) >= 11 is 5.24. The van der Waals surface area contributed by atoms with E-state index >= 15 is 0 Å². The average Bonchev–Trinajstić information content (AvgIpc) is 2.92. The van der Waals surface area contributed by atoms with Crippen LogP contribution < -0.4 is 14.2 Å². The average molecular weight is 521 g/mol. The highest BCUT2D eigenvalue weighted by Gasteiger charge is 2.09. The Hall–Kier alpha value is -4.29. The number of phenols is 1. The Balaban J connectivity index is 0.000000215. The lowest BCUT2D eigenvalue weighted by Crippen LogP contribution is -2.08. The molecule has 7 heteroatoms. The molecular formula is C30H29ClO6. The normalized spacial score (nSPS) is 9.54. The Morgan fingerprint density at radius 3 is 1.57 bits per heavy atom. The maximum Gasteiger partial charge on any atom is 0.343 e. The number of halogens is 1. The van der Waals surface area contributed by atoms with Crippen molar-refractivity contribution in [2.75, 3.05) is 14.2 Å². The van der Waals surface area contributed by atoms with E-state index in [4.69, 9.17) is 30.9 Å². The minimum absolute atomic E-state index is 0.329. The molecule has 0 unspecified atom stereocenters. The van der Waals surface area contributed by atoms with E-state index in [0.29, 0.717) is 34.1 Å². The maximum absolute atomic E-state index is 11.9. The van der Waals surface area contributed by atoms with Crippen molar-refractivity contribution in [2.45, 2.75) is 13.8 Å². The van der Waals surface area contributed by atoms with Crippen molar-refractivity contribution < 1.29 is 28.9 Å². The van der Waals surface area contributed by atoms with Crippen molar-refractivity contribution in [2.24, 2.45) is 0 Å². The standard InChI is InChI=1S/C15H14O3.C8H7ClO2.C7H8O/c1-11-6-8-13(9-7-11)18-15(16)12-4-3-5-14(10-12)17-2;1-11-7-4-2-3-6(5-7)8(9)10;1-6-2-4-7(8)5-3-6/h3-10H,1-2H3;2-5H,1H3;2-5,8H,1H3. The quantitative estimate of drug-likeness (QED) is 0.173. The fraction of sp³-hybridized carbons (Fsp3) is 0.133. The Morgan fingerprint density at radius 2 is 1.11 bits per heavy atom. The van der Waals surface area contributed by atoms with Crippen LogP contribution in [0.25, 0.3) is 0 Å². The van der Waals surface area contributed by atoms with E-state index in [1.807, 2.05) is 38.1 Å². The predicted octanol–water partition coefficient (Wildman–Crippen LogP) is 7.00. The summed E-state index contributed by atoms with van der Waals surface area (Å²) in [5.41, 5.74) is 3.21. The second kappa shape index (κ2) is 15.0. The van der Waals surface area contributed by atoms with Crippen molar-refractivity contribution >= 4 is 22.8 Å². The van der Waals surface area contributed by atoms with Crippen LogP contribution in [0.2, 0.25) is 0 Å². The molecule has 6 nitrogen and oxygen atoms in total. The fourth-order valence-corrected chi connectivity index (χ4v) is 2.93. The van der Waals surface area contributed by atoms with E-state index in [-0.39, 0.29) is 0 Å². The van der Waals surface area contributed by atoms with Crippen LogP contribution in [-0.2, 0) is 0 Å². The molecule has 0 radical (unpaired) electrons. The molecule has 0 aromatic heterocycles. The van der Waals surface area contributed by atoms with Crippen molar-refractivity contribution in [3.63, 3.8) is 0 Å². The first kappa shape index (κ1) is 28.9.